The fourth-order valence-corrected chi connectivity index (χ4v) is 10.6. The molecule has 0 spiro atoms. The van der Waals surface area contributed by atoms with Crippen LogP contribution < -0.4 is 5.19 Å². The van der Waals surface area contributed by atoms with E-state index < -0.39 is 8.07 Å². The van der Waals surface area contributed by atoms with Crippen LogP contribution in [0.5, 0.6) is 0 Å². The number of hydrogen-bond acceptors (Lipinski definition) is 0. The van der Waals surface area contributed by atoms with Crippen LogP contribution in [0.1, 0.15) is 47.1 Å². The molecular formula is C17H26Si. The second kappa shape index (κ2) is 5.76. The monoisotopic (exact) mass is 258 g/mol. The molecule has 0 N–H and O–H groups in total. The van der Waals surface area contributed by atoms with Crippen LogP contribution in [0.25, 0.3) is 0 Å². The summed E-state index contributed by atoms with van der Waals surface area (Å²) < 4.78 is 0. The zero-order valence-electron chi connectivity index (χ0n) is 12.6. The average Bonchev–Trinajstić information content (AvgIpc) is 2.29. The molecule has 0 radical (unpaired) electrons. The van der Waals surface area contributed by atoms with Crippen LogP contribution in [0, 0.1) is 12.3 Å². The molecule has 1 aromatic carbocycles. The predicted molar refractivity (Wildman–Crippen MR) is 85.1 cm³/mol. The van der Waals surface area contributed by atoms with Crippen molar-refractivity contribution >= 4 is 13.3 Å². The maximum Gasteiger partial charge on any atom is 0.0942 e. The molecule has 0 nitrogen and oxygen atoms in total. The average molecular weight is 258 g/mol. The van der Waals surface area contributed by atoms with Gasteiger partial charge in [-0.15, -0.1) is 6.42 Å². The van der Waals surface area contributed by atoms with Crippen LogP contribution in [0.2, 0.25) is 16.6 Å². The van der Waals surface area contributed by atoms with Crippen LogP contribution in [-0.2, 0) is 0 Å². The van der Waals surface area contributed by atoms with Gasteiger partial charge in [0.15, 0.2) is 0 Å². The van der Waals surface area contributed by atoms with Crippen LogP contribution >= 0.6 is 0 Å². The SMILES string of the molecule is C#Cc1ccc([Si](C(C)C)(C(C)C)C(C)C)cc1. The maximum atomic E-state index is 5.45. The second-order valence-electron chi connectivity index (χ2n) is 6.12. The standard InChI is InChI=1S/C17H26Si/c1-8-16-9-11-17(12-10-16)18(13(2)3,14(4)5)15(6)7/h1,9-15H,2-7H3. The lowest BCUT2D eigenvalue weighted by Crippen LogP contribution is -2.55. The van der Waals surface area contributed by atoms with Crippen LogP contribution in [0.4, 0.5) is 0 Å². The van der Waals surface area contributed by atoms with Gasteiger partial charge in [-0.05, 0) is 28.8 Å². The van der Waals surface area contributed by atoms with Crippen molar-refractivity contribution in [3.63, 3.8) is 0 Å². The van der Waals surface area contributed by atoms with E-state index in [9.17, 15) is 0 Å². The van der Waals surface area contributed by atoms with E-state index in [4.69, 9.17) is 6.42 Å². The molecule has 0 fully saturated rings. The third kappa shape index (κ3) is 2.40. The van der Waals surface area contributed by atoms with E-state index in [-0.39, 0.29) is 0 Å². The van der Waals surface area contributed by atoms with Crippen molar-refractivity contribution in [3.8, 4) is 12.3 Å². The lowest BCUT2D eigenvalue weighted by Gasteiger charge is -2.43. The number of terminal acetylenes is 1. The Labute approximate surface area is 114 Å². The predicted octanol–water partition coefficient (Wildman–Crippen LogP) is 4.55. The Morgan fingerprint density at radius 3 is 1.50 bits per heavy atom. The van der Waals surface area contributed by atoms with E-state index in [1.165, 1.54) is 0 Å². The molecule has 0 atom stereocenters. The highest BCUT2D eigenvalue weighted by Crippen LogP contribution is 2.40. The molecule has 0 saturated heterocycles. The first-order valence-corrected chi connectivity index (χ1v) is 9.17. The summed E-state index contributed by atoms with van der Waals surface area (Å²) in [5.74, 6) is 2.71. The van der Waals surface area contributed by atoms with Gasteiger partial charge in [0.25, 0.3) is 0 Å². The third-order valence-electron chi connectivity index (χ3n) is 4.42. The molecule has 0 aromatic heterocycles. The zero-order valence-corrected chi connectivity index (χ0v) is 13.6. The Morgan fingerprint density at radius 1 is 0.833 bits per heavy atom. The fourth-order valence-electron chi connectivity index (χ4n) is 3.86. The Balaban J connectivity index is 3.38. The second-order valence-corrected chi connectivity index (χ2v) is 12.0. The summed E-state index contributed by atoms with van der Waals surface area (Å²) in [5.41, 5.74) is 3.22. The topological polar surface area (TPSA) is 0 Å². The van der Waals surface area contributed by atoms with Gasteiger partial charge in [-0.3, -0.25) is 0 Å². The van der Waals surface area contributed by atoms with Gasteiger partial charge in [0.2, 0.25) is 0 Å². The Bertz CT molecular complexity index is 396. The van der Waals surface area contributed by atoms with Crippen molar-refractivity contribution in [2.24, 2.45) is 0 Å². The Morgan fingerprint density at radius 2 is 1.22 bits per heavy atom. The molecular weight excluding hydrogens is 232 g/mol. The van der Waals surface area contributed by atoms with E-state index in [1.54, 1.807) is 5.19 Å². The number of rotatable bonds is 4. The van der Waals surface area contributed by atoms with Crippen molar-refractivity contribution in [1.82, 2.24) is 0 Å². The summed E-state index contributed by atoms with van der Waals surface area (Å²) in [6, 6.07) is 8.76. The lowest BCUT2D eigenvalue weighted by atomic mass is 10.2. The number of benzene rings is 1. The van der Waals surface area contributed by atoms with Gasteiger partial charge in [-0.1, -0.05) is 64.8 Å². The minimum Gasteiger partial charge on any atom is -0.115 e. The minimum atomic E-state index is -1.51. The summed E-state index contributed by atoms with van der Waals surface area (Å²) in [6.45, 7) is 14.3. The highest BCUT2D eigenvalue weighted by atomic mass is 28.3. The summed E-state index contributed by atoms with van der Waals surface area (Å²) in [4.78, 5) is 0. The van der Waals surface area contributed by atoms with Gasteiger partial charge in [0.05, 0.1) is 8.07 Å². The van der Waals surface area contributed by atoms with E-state index in [0.29, 0.717) is 0 Å². The van der Waals surface area contributed by atoms with Gasteiger partial charge in [0, 0.05) is 5.56 Å². The first kappa shape index (κ1) is 15.1. The first-order valence-electron chi connectivity index (χ1n) is 6.94. The molecule has 0 bridgehead atoms. The Kier molecular flexibility index (Phi) is 4.82. The van der Waals surface area contributed by atoms with Gasteiger partial charge < -0.3 is 0 Å². The third-order valence-corrected chi connectivity index (χ3v) is 11.5. The summed E-state index contributed by atoms with van der Waals surface area (Å²) in [7, 11) is -1.51. The minimum absolute atomic E-state index is 0.745. The maximum absolute atomic E-state index is 5.45. The molecule has 1 heteroatoms. The smallest absolute Gasteiger partial charge is 0.0942 e. The quantitative estimate of drug-likeness (QED) is 0.549. The van der Waals surface area contributed by atoms with Crippen molar-refractivity contribution < 1.29 is 0 Å². The number of hydrogen-bond donors (Lipinski definition) is 0. The van der Waals surface area contributed by atoms with Crippen molar-refractivity contribution in [3.05, 3.63) is 29.8 Å². The van der Waals surface area contributed by atoms with Gasteiger partial charge in [-0.2, -0.15) is 0 Å². The molecule has 0 heterocycles. The summed E-state index contributed by atoms with van der Waals surface area (Å²) in [5, 5.41) is 1.56. The lowest BCUT2D eigenvalue weighted by molar-refractivity contribution is 0.835. The van der Waals surface area contributed by atoms with Crippen LogP contribution in [-0.4, -0.2) is 8.07 Å². The summed E-state index contributed by atoms with van der Waals surface area (Å²) >= 11 is 0. The van der Waals surface area contributed by atoms with Crippen LogP contribution in [0.3, 0.4) is 0 Å². The van der Waals surface area contributed by atoms with E-state index in [1.807, 2.05) is 0 Å². The zero-order chi connectivity index (χ0) is 13.9. The largest absolute Gasteiger partial charge is 0.115 e. The van der Waals surface area contributed by atoms with Crippen molar-refractivity contribution in [1.29, 1.82) is 0 Å². The summed E-state index contributed by atoms with van der Waals surface area (Å²) in [6.07, 6.45) is 5.45. The molecule has 18 heavy (non-hydrogen) atoms. The molecule has 0 unspecified atom stereocenters. The molecule has 0 aliphatic rings. The van der Waals surface area contributed by atoms with Gasteiger partial charge in [0.1, 0.15) is 0 Å². The molecule has 1 aromatic rings. The molecule has 98 valence electrons. The van der Waals surface area contributed by atoms with Crippen molar-refractivity contribution in [2.45, 2.75) is 58.2 Å². The highest BCUT2D eigenvalue weighted by Gasteiger charge is 2.43. The molecule has 0 aliphatic heterocycles. The van der Waals surface area contributed by atoms with Gasteiger partial charge in [-0.25, -0.2) is 0 Å². The Hall–Kier alpha value is -1.00. The molecule has 1 rings (SSSR count). The van der Waals surface area contributed by atoms with E-state index >= 15 is 0 Å². The van der Waals surface area contributed by atoms with Crippen LogP contribution in [0.15, 0.2) is 24.3 Å². The van der Waals surface area contributed by atoms with Crippen molar-refractivity contribution in [2.75, 3.05) is 0 Å². The van der Waals surface area contributed by atoms with Gasteiger partial charge >= 0.3 is 0 Å². The molecule has 0 aliphatic carbocycles. The molecule has 0 amide bonds. The fraction of sp³-hybridized carbons (Fsp3) is 0.529. The van der Waals surface area contributed by atoms with E-state index in [2.05, 4.69) is 71.7 Å². The highest BCUT2D eigenvalue weighted by molar-refractivity contribution is 6.95. The first-order chi connectivity index (χ1) is 8.37. The normalized spacial score (nSPS) is 12.2. The molecule has 0 saturated carbocycles. The van der Waals surface area contributed by atoms with E-state index in [0.717, 1.165) is 22.2 Å².